The number of unbranched alkanes of at least 4 members (excludes halogenated alkanes) is 1. The zero-order valence-electron chi connectivity index (χ0n) is 23.6. The van der Waals surface area contributed by atoms with Gasteiger partial charge in [0, 0.05) is 59.0 Å². The number of carbonyl (C=O) groups excluding carboxylic acids is 2. The highest BCUT2D eigenvalue weighted by Crippen LogP contribution is 2.29. The molecule has 0 bridgehead atoms. The van der Waals surface area contributed by atoms with Crippen molar-refractivity contribution in [1.82, 2.24) is 24.7 Å². The molecule has 218 valence electrons. The van der Waals surface area contributed by atoms with Gasteiger partial charge in [-0.3, -0.25) is 9.59 Å². The number of fused-ring (bicyclic) bond motifs is 1. The van der Waals surface area contributed by atoms with Crippen LogP contribution in [0.2, 0.25) is 0 Å². The summed E-state index contributed by atoms with van der Waals surface area (Å²) < 4.78 is 12.9. The fourth-order valence-corrected chi connectivity index (χ4v) is 5.83. The third kappa shape index (κ3) is 7.31. The number of carbonyl (C=O) groups is 2. The van der Waals surface area contributed by atoms with E-state index in [4.69, 9.17) is 14.5 Å². The predicted molar refractivity (Wildman–Crippen MR) is 155 cm³/mol. The Kier molecular flexibility index (Phi) is 11.6. The average molecular weight is 544 g/mol. The van der Waals surface area contributed by atoms with Gasteiger partial charge in [0.05, 0.1) is 18.5 Å². The number of ether oxygens (including phenoxy) is 2. The number of benzene rings is 1. The van der Waals surface area contributed by atoms with Gasteiger partial charge in [-0.05, 0) is 56.6 Å². The van der Waals surface area contributed by atoms with E-state index in [0.29, 0.717) is 56.3 Å². The minimum atomic E-state index is -0.109. The summed E-state index contributed by atoms with van der Waals surface area (Å²) in [4.78, 5) is 36.5. The maximum atomic E-state index is 14.3. The number of amides is 2. The Morgan fingerprint density at radius 2 is 1.90 bits per heavy atom. The van der Waals surface area contributed by atoms with Crippen LogP contribution < -0.4 is 10.1 Å². The number of hydrogen-bond donors (Lipinski definition) is 1. The van der Waals surface area contributed by atoms with Crippen molar-refractivity contribution in [3.05, 3.63) is 24.0 Å². The minimum Gasteiger partial charge on any atom is -0.494 e. The van der Waals surface area contributed by atoms with Crippen LogP contribution in [-0.4, -0.2) is 90.8 Å². The van der Waals surface area contributed by atoms with Crippen LogP contribution in [0.1, 0.15) is 70.4 Å². The van der Waals surface area contributed by atoms with Crippen molar-refractivity contribution >= 4 is 22.8 Å². The molecular formula is C30H49N5O4. The van der Waals surface area contributed by atoms with E-state index in [1.165, 1.54) is 6.42 Å². The van der Waals surface area contributed by atoms with E-state index in [0.717, 1.165) is 44.3 Å². The molecule has 2 atom stereocenters. The number of piperidine rings is 2. The first-order valence-electron chi connectivity index (χ1n) is 14.3. The van der Waals surface area contributed by atoms with E-state index < -0.39 is 0 Å². The molecule has 0 saturated carbocycles. The van der Waals surface area contributed by atoms with E-state index in [1.54, 1.807) is 14.2 Å². The van der Waals surface area contributed by atoms with Crippen molar-refractivity contribution in [3.63, 3.8) is 0 Å². The number of para-hydroxylation sites is 1. The van der Waals surface area contributed by atoms with Gasteiger partial charge in [0.2, 0.25) is 5.91 Å². The fraction of sp³-hybridized carbons (Fsp3) is 0.700. The summed E-state index contributed by atoms with van der Waals surface area (Å²) in [5, 5.41) is 3.47. The molecule has 2 aliphatic rings. The van der Waals surface area contributed by atoms with E-state index in [2.05, 4.69) is 19.2 Å². The van der Waals surface area contributed by atoms with Gasteiger partial charge < -0.3 is 29.2 Å². The summed E-state index contributed by atoms with van der Waals surface area (Å²) in [5.74, 6) is 1.42. The second kappa shape index (κ2) is 14.7. The molecular weight excluding hydrogens is 494 g/mol. The molecule has 9 nitrogen and oxygen atoms in total. The number of methoxy groups -OCH3 is 2. The van der Waals surface area contributed by atoms with Crippen molar-refractivity contribution in [2.24, 2.45) is 11.8 Å². The predicted octanol–water partition coefficient (Wildman–Crippen LogP) is 4.20. The van der Waals surface area contributed by atoms with Crippen LogP contribution in [0.15, 0.2) is 18.2 Å². The molecule has 2 saturated heterocycles. The van der Waals surface area contributed by atoms with Gasteiger partial charge in [-0.15, -0.1) is 0 Å². The van der Waals surface area contributed by atoms with Gasteiger partial charge in [0.1, 0.15) is 11.3 Å². The number of likely N-dealkylation sites (tertiary alicyclic amines) is 1. The van der Waals surface area contributed by atoms with Crippen LogP contribution in [0.25, 0.3) is 11.0 Å². The fourth-order valence-electron chi connectivity index (χ4n) is 5.83. The zero-order valence-corrected chi connectivity index (χ0v) is 23.6. The van der Waals surface area contributed by atoms with Gasteiger partial charge in [-0.2, -0.15) is 0 Å². The van der Waals surface area contributed by atoms with E-state index in [-0.39, 0.29) is 37.1 Å². The Labute approximate surface area is 234 Å². The molecule has 4 rings (SSSR count). The van der Waals surface area contributed by atoms with E-state index >= 15 is 0 Å². The Hall–Kier alpha value is -2.65. The van der Waals surface area contributed by atoms with Gasteiger partial charge in [-0.1, -0.05) is 27.3 Å². The summed E-state index contributed by atoms with van der Waals surface area (Å²) in [5.41, 5.74) is 1.60. The molecule has 1 aromatic heterocycles. The zero-order chi connectivity index (χ0) is 27.1. The highest BCUT2D eigenvalue weighted by Gasteiger charge is 2.36. The monoisotopic (exact) mass is 543 g/mol. The Morgan fingerprint density at radius 1 is 1.13 bits per heavy atom. The average Bonchev–Trinajstić information content (AvgIpc) is 3.32. The third-order valence-corrected chi connectivity index (χ3v) is 7.74. The van der Waals surface area contributed by atoms with Crippen LogP contribution in [0, 0.1) is 11.8 Å². The molecule has 9 heteroatoms. The van der Waals surface area contributed by atoms with Gasteiger partial charge in [0.25, 0.3) is 5.91 Å². The Bertz CT molecular complexity index is 1080. The molecule has 2 aromatic rings. The van der Waals surface area contributed by atoms with Crippen LogP contribution in [-0.2, 0) is 16.1 Å². The summed E-state index contributed by atoms with van der Waals surface area (Å²) in [6.45, 7) is 9.27. The molecule has 2 fully saturated rings. The normalized spacial score (nSPS) is 19.7. The molecule has 0 radical (unpaired) electrons. The lowest BCUT2D eigenvalue weighted by Crippen LogP contribution is -2.55. The largest absolute Gasteiger partial charge is 0.494 e. The molecule has 3 heterocycles. The lowest BCUT2D eigenvalue weighted by atomic mass is 9.92. The highest BCUT2D eigenvalue weighted by atomic mass is 16.5. The van der Waals surface area contributed by atoms with Gasteiger partial charge in [0.15, 0.2) is 5.82 Å². The molecule has 0 aliphatic carbocycles. The van der Waals surface area contributed by atoms with Crippen molar-refractivity contribution in [1.29, 1.82) is 0 Å². The highest BCUT2D eigenvalue weighted by molar-refractivity contribution is 5.96. The first-order valence-corrected chi connectivity index (χ1v) is 14.3. The minimum absolute atomic E-state index is 0. The molecule has 2 aliphatic heterocycles. The van der Waals surface area contributed by atoms with Gasteiger partial charge >= 0.3 is 0 Å². The number of imidazole rings is 1. The standard InChI is InChI=1S/C29H45N5O4.CH4/c1-21(2)20-34(23-17-22(18-30-19-23)28(35)32-13-6-5-7-14-32)29(36)27-31-26-24(11-10-12-25(26)38-4)33(27)15-8-9-16-37-3;/h10-12,21-23,30H,5-9,13-20H2,1-4H3;1H4/t22-,23+;/m1./s1. The Balaban J connectivity index is 0.00000420. The van der Waals surface area contributed by atoms with Crippen LogP contribution in [0.4, 0.5) is 0 Å². The van der Waals surface area contributed by atoms with Crippen molar-refractivity contribution in [2.75, 3.05) is 53.6 Å². The Morgan fingerprint density at radius 3 is 2.59 bits per heavy atom. The molecule has 1 aromatic carbocycles. The molecule has 2 amide bonds. The lowest BCUT2D eigenvalue weighted by Gasteiger charge is -2.40. The summed E-state index contributed by atoms with van der Waals surface area (Å²) in [6.07, 6.45) is 5.81. The van der Waals surface area contributed by atoms with Crippen LogP contribution in [0.3, 0.4) is 0 Å². The summed E-state index contributed by atoms with van der Waals surface area (Å²) >= 11 is 0. The maximum Gasteiger partial charge on any atom is 0.290 e. The number of nitrogens with zero attached hydrogens (tertiary/aromatic N) is 4. The summed E-state index contributed by atoms with van der Waals surface area (Å²) in [6, 6.07) is 5.75. The number of rotatable bonds is 11. The quantitative estimate of drug-likeness (QED) is 0.428. The first-order chi connectivity index (χ1) is 18.4. The second-order valence-corrected chi connectivity index (χ2v) is 11.1. The van der Waals surface area contributed by atoms with Crippen molar-refractivity contribution < 1.29 is 19.1 Å². The van der Waals surface area contributed by atoms with E-state index in [1.807, 2.05) is 32.6 Å². The number of aryl methyl sites for hydroxylation is 1. The number of hydrogen-bond acceptors (Lipinski definition) is 6. The van der Waals surface area contributed by atoms with Crippen LogP contribution >= 0.6 is 0 Å². The first kappa shape index (κ1) is 30.9. The topological polar surface area (TPSA) is 88.9 Å². The lowest BCUT2D eigenvalue weighted by molar-refractivity contribution is -0.137. The number of nitrogens with one attached hydrogen (secondary N) is 1. The molecule has 1 N–H and O–H groups in total. The van der Waals surface area contributed by atoms with E-state index in [9.17, 15) is 9.59 Å². The molecule has 0 unspecified atom stereocenters. The SMILES string of the molecule is C.COCCCCn1c(C(=O)N(CC(C)C)[C@@H]2CNC[C@H](C(=O)N3CCCCC3)C2)nc2c(OC)cccc21. The third-order valence-electron chi connectivity index (χ3n) is 7.74. The van der Waals surface area contributed by atoms with Gasteiger partial charge in [-0.25, -0.2) is 4.98 Å². The maximum absolute atomic E-state index is 14.3. The van der Waals surface area contributed by atoms with Crippen molar-refractivity contribution in [3.8, 4) is 5.75 Å². The molecule has 39 heavy (non-hydrogen) atoms. The number of aromatic nitrogens is 2. The van der Waals surface area contributed by atoms with Crippen molar-refractivity contribution in [2.45, 2.75) is 72.4 Å². The summed E-state index contributed by atoms with van der Waals surface area (Å²) in [7, 11) is 3.34. The second-order valence-electron chi connectivity index (χ2n) is 11.1. The smallest absolute Gasteiger partial charge is 0.290 e. The molecule has 0 spiro atoms. The van der Waals surface area contributed by atoms with Crippen LogP contribution in [0.5, 0.6) is 5.75 Å².